The molecule has 0 saturated carbocycles. The summed E-state index contributed by atoms with van der Waals surface area (Å²) in [5.41, 5.74) is 0.376. The first-order valence-corrected chi connectivity index (χ1v) is 5.08. The molecule has 15 heavy (non-hydrogen) atoms. The highest BCUT2D eigenvalue weighted by Gasteiger charge is 2.13. The van der Waals surface area contributed by atoms with Crippen LogP contribution in [0.25, 0.3) is 0 Å². The molecule has 0 unspecified atom stereocenters. The summed E-state index contributed by atoms with van der Waals surface area (Å²) in [5, 5.41) is 0. The summed E-state index contributed by atoms with van der Waals surface area (Å²) < 4.78 is 5.68. The molecule has 0 aliphatic heterocycles. The number of hydrogen-bond donors (Lipinski definition) is 0. The van der Waals surface area contributed by atoms with Crippen LogP contribution in [-0.2, 0) is 6.42 Å². The minimum atomic E-state index is -0.0979. The Morgan fingerprint density at radius 1 is 1.53 bits per heavy atom. The molecular weight excluding hydrogens is 260 g/mol. The Bertz CT molecular complexity index is 468. The Labute approximate surface area is 94.5 Å². The number of Topliss-reactive ketones (excluding diaryl/α,β-unsaturated/α-hetero) is 1. The van der Waals surface area contributed by atoms with E-state index in [-0.39, 0.29) is 12.2 Å². The summed E-state index contributed by atoms with van der Waals surface area (Å²) in [6.07, 6.45) is 4.64. The van der Waals surface area contributed by atoms with Crippen LogP contribution in [0.1, 0.15) is 16.2 Å². The Hall–Kier alpha value is -1.49. The fourth-order valence-corrected chi connectivity index (χ4v) is 1.61. The minimum Gasteiger partial charge on any atom is -0.469 e. The normalized spacial score (nSPS) is 10.2. The minimum absolute atomic E-state index is 0.0979. The SMILES string of the molecule is O=C(Cc1ccco1)c1ncncc1Br. The van der Waals surface area contributed by atoms with Crippen molar-refractivity contribution in [3.8, 4) is 0 Å². The van der Waals surface area contributed by atoms with Gasteiger partial charge in [0.1, 0.15) is 17.8 Å². The second-order valence-electron chi connectivity index (χ2n) is 2.90. The second-order valence-corrected chi connectivity index (χ2v) is 3.75. The summed E-state index contributed by atoms with van der Waals surface area (Å²) in [5.74, 6) is 0.532. The third-order valence-corrected chi connectivity index (χ3v) is 2.43. The highest BCUT2D eigenvalue weighted by molar-refractivity contribution is 9.10. The van der Waals surface area contributed by atoms with E-state index in [4.69, 9.17) is 4.42 Å². The molecule has 2 rings (SSSR count). The van der Waals surface area contributed by atoms with E-state index >= 15 is 0 Å². The number of halogens is 1. The number of ketones is 1. The zero-order chi connectivity index (χ0) is 10.7. The molecule has 0 atom stereocenters. The van der Waals surface area contributed by atoms with Crippen molar-refractivity contribution in [1.82, 2.24) is 9.97 Å². The van der Waals surface area contributed by atoms with Crippen LogP contribution in [-0.4, -0.2) is 15.8 Å². The Balaban J connectivity index is 2.19. The summed E-state index contributed by atoms with van der Waals surface area (Å²) in [7, 11) is 0. The molecule has 0 N–H and O–H groups in total. The average molecular weight is 267 g/mol. The third kappa shape index (κ3) is 2.30. The molecule has 0 fully saturated rings. The molecule has 5 heteroatoms. The van der Waals surface area contributed by atoms with E-state index in [1.807, 2.05) is 0 Å². The Kier molecular flexibility index (Phi) is 2.91. The first kappa shape index (κ1) is 10.0. The number of hydrogen-bond acceptors (Lipinski definition) is 4. The van der Waals surface area contributed by atoms with Crippen LogP contribution in [0.5, 0.6) is 0 Å². The van der Waals surface area contributed by atoms with Crippen molar-refractivity contribution < 1.29 is 9.21 Å². The van der Waals surface area contributed by atoms with Gasteiger partial charge in [-0.3, -0.25) is 4.79 Å². The zero-order valence-corrected chi connectivity index (χ0v) is 9.27. The van der Waals surface area contributed by atoms with Gasteiger partial charge in [-0.05, 0) is 28.1 Å². The molecule has 0 radical (unpaired) electrons. The van der Waals surface area contributed by atoms with E-state index in [0.717, 1.165) is 0 Å². The van der Waals surface area contributed by atoms with Crippen molar-refractivity contribution >= 4 is 21.7 Å². The molecule has 0 bridgehead atoms. The zero-order valence-electron chi connectivity index (χ0n) is 7.68. The van der Waals surface area contributed by atoms with Gasteiger partial charge in [0, 0.05) is 6.20 Å². The maximum Gasteiger partial charge on any atom is 0.189 e. The summed E-state index contributed by atoms with van der Waals surface area (Å²) in [6.45, 7) is 0. The van der Waals surface area contributed by atoms with Gasteiger partial charge in [0.2, 0.25) is 0 Å². The fourth-order valence-electron chi connectivity index (χ4n) is 1.17. The molecule has 0 saturated heterocycles. The Morgan fingerprint density at radius 3 is 3.07 bits per heavy atom. The van der Waals surface area contributed by atoms with Gasteiger partial charge in [0.15, 0.2) is 5.78 Å². The van der Waals surface area contributed by atoms with Crippen LogP contribution in [0, 0.1) is 0 Å². The van der Waals surface area contributed by atoms with Gasteiger partial charge in [-0.1, -0.05) is 0 Å². The number of carbonyl (C=O) groups is 1. The predicted molar refractivity (Wildman–Crippen MR) is 56.5 cm³/mol. The number of aromatic nitrogens is 2. The lowest BCUT2D eigenvalue weighted by atomic mass is 10.2. The van der Waals surface area contributed by atoms with Crippen LogP contribution in [0.2, 0.25) is 0 Å². The van der Waals surface area contributed by atoms with Crippen molar-refractivity contribution in [2.75, 3.05) is 0 Å². The standard InChI is InChI=1S/C10H7BrN2O2/c11-8-5-12-6-13-10(8)9(14)4-7-2-1-3-15-7/h1-3,5-6H,4H2. The summed E-state index contributed by atoms with van der Waals surface area (Å²) >= 11 is 3.22. The van der Waals surface area contributed by atoms with Crippen molar-refractivity contribution in [3.63, 3.8) is 0 Å². The topological polar surface area (TPSA) is 56.0 Å². The molecule has 0 aliphatic rings. The van der Waals surface area contributed by atoms with E-state index < -0.39 is 0 Å². The van der Waals surface area contributed by atoms with E-state index in [1.165, 1.54) is 12.6 Å². The van der Waals surface area contributed by atoms with Gasteiger partial charge in [0.05, 0.1) is 17.2 Å². The molecule has 0 aromatic carbocycles. The summed E-state index contributed by atoms with van der Waals surface area (Å²) in [6, 6.07) is 3.50. The average Bonchev–Trinajstić information content (AvgIpc) is 2.71. The lowest BCUT2D eigenvalue weighted by molar-refractivity contribution is 0.0981. The van der Waals surface area contributed by atoms with Crippen LogP contribution in [0.3, 0.4) is 0 Å². The highest BCUT2D eigenvalue weighted by Crippen LogP contribution is 2.14. The molecule has 2 aromatic rings. The van der Waals surface area contributed by atoms with Crippen LogP contribution >= 0.6 is 15.9 Å². The lowest BCUT2D eigenvalue weighted by Gasteiger charge is -1.99. The van der Waals surface area contributed by atoms with E-state index in [2.05, 4.69) is 25.9 Å². The number of carbonyl (C=O) groups excluding carboxylic acids is 1. The largest absolute Gasteiger partial charge is 0.469 e. The molecular formula is C10H7BrN2O2. The van der Waals surface area contributed by atoms with Gasteiger partial charge in [-0.15, -0.1) is 0 Å². The van der Waals surface area contributed by atoms with Gasteiger partial charge in [-0.2, -0.15) is 0 Å². The fraction of sp³-hybridized carbons (Fsp3) is 0.100. The first-order valence-electron chi connectivity index (χ1n) is 4.28. The lowest BCUT2D eigenvalue weighted by Crippen LogP contribution is -2.06. The van der Waals surface area contributed by atoms with Gasteiger partial charge in [0.25, 0.3) is 0 Å². The number of rotatable bonds is 3. The smallest absolute Gasteiger partial charge is 0.189 e. The van der Waals surface area contributed by atoms with Crippen molar-refractivity contribution in [3.05, 3.63) is 46.8 Å². The molecule has 2 aromatic heterocycles. The maximum atomic E-state index is 11.8. The molecule has 0 spiro atoms. The van der Waals surface area contributed by atoms with Gasteiger partial charge in [-0.25, -0.2) is 9.97 Å². The molecule has 0 amide bonds. The van der Waals surface area contributed by atoms with E-state index in [9.17, 15) is 4.79 Å². The van der Waals surface area contributed by atoms with E-state index in [0.29, 0.717) is 15.9 Å². The maximum absolute atomic E-state index is 11.8. The molecule has 0 aliphatic carbocycles. The van der Waals surface area contributed by atoms with Crippen molar-refractivity contribution in [2.24, 2.45) is 0 Å². The number of nitrogens with zero attached hydrogens (tertiary/aromatic N) is 2. The third-order valence-electron chi connectivity index (χ3n) is 1.85. The van der Waals surface area contributed by atoms with Crippen LogP contribution < -0.4 is 0 Å². The van der Waals surface area contributed by atoms with Crippen LogP contribution in [0.15, 0.2) is 39.8 Å². The quantitative estimate of drug-likeness (QED) is 0.800. The first-order chi connectivity index (χ1) is 7.27. The molecule has 2 heterocycles. The van der Waals surface area contributed by atoms with Crippen molar-refractivity contribution in [2.45, 2.75) is 6.42 Å². The van der Waals surface area contributed by atoms with Crippen molar-refractivity contribution in [1.29, 1.82) is 0 Å². The summed E-state index contributed by atoms with van der Waals surface area (Å²) in [4.78, 5) is 19.5. The molecule has 76 valence electrons. The predicted octanol–water partition coefficient (Wildman–Crippen LogP) is 2.26. The van der Waals surface area contributed by atoms with Gasteiger partial charge >= 0.3 is 0 Å². The number of furan rings is 1. The highest BCUT2D eigenvalue weighted by atomic mass is 79.9. The monoisotopic (exact) mass is 266 g/mol. The van der Waals surface area contributed by atoms with Gasteiger partial charge < -0.3 is 4.42 Å². The van der Waals surface area contributed by atoms with E-state index in [1.54, 1.807) is 18.3 Å². The molecule has 4 nitrogen and oxygen atoms in total. The van der Waals surface area contributed by atoms with Crippen LogP contribution in [0.4, 0.5) is 0 Å². The Morgan fingerprint density at radius 2 is 2.40 bits per heavy atom. The second kappa shape index (κ2) is 4.35.